The fourth-order valence-electron chi connectivity index (χ4n) is 1.38. The molecule has 1 heterocycles. The van der Waals surface area contributed by atoms with Crippen molar-refractivity contribution in [3.05, 3.63) is 56.7 Å². The van der Waals surface area contributed by atoms with Crippen molar-refractivity contribution in [3.63, 3.8) is 0 Å². The molecule has 2 rings (SSSR count). The Balaban J connectivity index is 2.31. The third-order valence-corrected chi connectivity index (χ3v) is 3.46. The quantitative estimate of drug-likeness (QED) is 0.819. The number of benzene rings is 1. The van der Waals surface area contributed by atoms with E-state index in [-0.39, 0.29) is 11.5 Å². The van der Waals surface area contributed by atoms with Gasteiger partial charge in [-0.15, -0.1) is 0 Å². The fraction of sp³-hybridized carbons (Fsp3) is 0. The highest BCUT2D eigenvalue weighted by molar-refractivity contribution is 9.10. The number of amides is 1. The summed E-state index contributed by atoms with van der Waals surface area (Å²) in [6, 6.07) is 8.34. The summed E-state index contributed by atoms with van der Waals surface area (Å²) in [6.45, 7) is 0. The lowest BCUT2D eigenvalue weighted by Gasteiger charge is -2.09. The smallest absolute Gasteiger partial charge is 0.258 e. The first kappa shape index (κ1) is 13.3. The second kappa shape index (κ2) is 5.69. The number of rotatable bonds is 2. The second-order valence-corrected chi connectivity index (χ2v) is 4.96. The van der Waals surface area contributed by atoms with Gasteiger partial charge in [0.15, 0.2) is 0 Å². The molecule has 0 fully saturated rings. The van der Waals surface area contributed by atoms with Crippen LogP contribution in [0.5, 0.6) is 0 Å². The van der Waals surface area contributed by atoms with Gasteiger partial charge < -0.3 is 5.32 Å². The molecule has 1 amide bonds. The number of nitrogens with zero attached hydrogens (tertiary/aromatic N) is 1. The minimum Gasteiger partial charge on any atom is -0.320 e. The zero-order chi connectivity index (χ0) is 13.1. The minimum atomic E-state index is -0.376. The summed E-state index contributed by atoms with van der Waals surface area (Å²) in [6.07, 6.45) is 1.61. The zero-order valence-corrected chi connectivity index (χ0v) is 12.1. The number of hydrogen-bond donors (Lipinski definition) is 1. The maximum atomic E-state index is 12.1. The van der Waals surface area contributed by atoms with Gasteiger partial charge in [0.05, 0.1) is 21.3 Å². The van der Waals surface area contributed by atoms with Crippen molar-refractivity contribution in [1.29, 1.82) is 0 Å². The van der Waals surface area contributed by atoms with Crippen molar-refractivity contribution in [1.82, 2.24) is 4.98 Å². The van der Waals surface area contributed by atoms with Crippen LogP contribution in [0, 0.1) is 0 Å². The molecular formula is C12H7BrCl2N2O. The molecule has 0 spiro atoms. The molecule has 0 aliphatic carbocycles. The van der Waals surface area contributed by atoms with Crippen LogP contribution in [0.15, 0.2) is 41.1 Å². The Morgan fingerprint density at radius 3 is 2.44 bits per heavy atom. The van der Waals surface area contributed by atoms with E-state index < -0.39 is 0 Å². The number of pyridine rings is 1. The van der Waals surface area contributed by atoms with Crippen LogP contribution in [-0.2, 0) is 0 Å². The van der Waals surface area contributed by atoms with Crippen LogP contribution in [0.2, 0.25) is 10.0 Å². The summed E-state index contributed by atoms with van der Waals surface area (Å²) in [4.78, 5) is 16.1. The lowest BCUT2D eigenvalue weighted by atomic mass is 10.2. The van der Waals surface area contributed by atoms with Crippen molar-refractivity contribution in [2.75, 3.05) is 5.32 Å². The zero-order valence-electron chi connectivity index (χ0n) is 8.95. The van der Waals surface area contributed by atoms with Crippen molar-refractivity contribution in [3.8, 4) is 0 Å². The SMILES string of the molecule is O=C(Nc1cccnc1Br)c1c(Cl)cccc1Cl. The summed E-state index contributed by atoms with van der Waals surface area (Å²) in [5.74, 6) is -0.376. The number of carbonyl (C=O) groups is 1. The van der Waals surface area contributed by atoms with E-state index in [9.17, 15) is 4.79 Å². The lowest BCUT2D eigenvalue weighted by Crippen LogP contribution is -2.13. The topological polar surface area (TPSA) is 42.0 Å². The number of aromatic nitrogens is 1. The van der Waals surface area contributed by atoms with Crippen molar-refractivity contribution in [2.45, 2.75) is 0 Å². The summed E-state index contributed by atoms with van der Waals surface area (Å²) >= 11 is 15.2. The third kappa shape index (κ3) is 2.83. The number of hydrogen-bond acceptors (Lipinski definition) is 2. The van der Waals surface area contributed by atoms with Crippen molar-refractivity contribution < 1.29 is 4.79 Å². The fourth-order valence-corrected chi connectivity index (χ4v) is 2.30. The Morgan fingerprint density at radius 2 is 1.83 bits per heavy atom. The lowest BCUT2D eigenvalue weighted by molar-refractivity contribution is 0.102. The van der Waals surface area contributed by atoms with E-state index in [1.54, 1.807) is 36.5 Å². The van der Waals surface area contributed by atoms with Gasteiger partial charge in [-0.25, -0.2) is 4.98 Å². The van der Waals surface area contributed by atoms with Crippen LogP contribution in [0.25, 0.3) is 0 Å². The van der Waals surface area contributed by atoms with Crippen LogP contribution in [0.1, 0.15) is 10.4 Å². The van der Waals surface area contributed by atoms with Crippen molar-refractivity contribution in [2.24, 2.45) is 0 Å². The van der Waals surface area contributed by atoms with Crippen LogP contribution < -0.4 is 5.32 Å². The Bertz CT molecular complexity index is 584. The van der Waals surface area contributed by atoms with Crippen LogP contribution >= 0.6 is 39.1 Å². The van der Waals surface area contributed by atoms with Gasteiger partial charge >= 0.3 is 0 Å². The first-order valence-electron chi connectivity index (χ1n) is 4.95. The Morgan fingerprint density at radius 1 is 1.17 bits per heavy atom. The van der Waals surface area contributed by atoms with E-state index in [1.165, 1.54) is 0 Å². The van der Waals surface area contributed by atoms with Gasteiger partial charge in [-0.1, -0.05) is 29.3 Å². The molecule has 0 atom stereocenters. The van der Waals surface area contributed by atoms with Gasteiger partial charge in [-0.05, 0) is 40.2 Å². The van der Waals surface area contributed by atoms with E-state index >= 15 is 0 Å². The minimum absolute atomic E-state index is 0.247. The summed E-state index contributed by atoms with van der Waals surface area (Å²) in [7, 11) is 0. The third-order valence-electron chi connectivity index (χ3n) is 2.20. The highest BCUT2D eigenvalue weighted by Gasteiger charge is 2.15. The maximum absolute atomic E-state index is 12.1. The summed E-state index contributed by atoms with van der Waals surface area (Å²) < 4.78 is 0.543. The van der Waals surface area contributed by atoms with Gasteiger partial charge in [0.2, 0.25) is 0 Å². The maximum Gasteiger partial charge on any atom is 0.258 e. The standard InChI is InChI=1S/C12H7BrCl2N2O/c13-11-9(5-2-6-16-11)17-12(18)10-7(14)3-1-4-8(10)15/h1-6H,(H,17,18). The van der Waals surface area contributed by atoms with E-state index in [0.717, 1.165) is 0 Å². The molecule has 0 radical (unpaired) electrons. The molecule has 1 aromatic heterocycles. The van der Waals surface area contributed by atoms with Gasteiger partial charge in [0.25, 0.3) is 5.91 Å². The van der Waals surface area contributed by atoms with Gasteiger partial charge in [-0.3, -0.25) is 4.79 Å². The second-order valence-electron chi connectivity index (χ2n) is 3.39. The van der Waals surface area contributed by atoms with Crippen LogP contribution in [0.4, 0.5) is 5.69 Å². The highest BCUT2D eigenvalue weighted by atomic mass is 79.9. The van der Waals surface area contributed by atoms with E-state index in [1.807, 2.05) is 0 Å². The summed E-state index contributed by atoms with van der Waals surface area (Å²) in [5, 5.41) is 3.30. The molecule has 18 heavy (non-hydrogen) atoms. The number of anilines is 1. The average Bonchev–Trinajstić information content (AvgIpc) is 2.32. The number of nitrogens with one attached hydrogen (secondary N) is 1. The molecule has 0 saturated heterocycles. The molecule has 3 nitrogen and oxygen atoms in total. The Hall–Kier alpha value is -1.10. The molecule has 6 heteroatoms. The van der Waals surface area contributed by atoms with E-state index in [4.69, 9.17) is 23.2 Å². The number of halogens is 3. The Labute approximate surface area is 122 Å². The van der Waals surface area contributed by atoms with Crippen LogP contribution in [0.3, 0.4) is 0 Å². The largest absolute Gasteiger partial charge is 0.320 e. The van der Waals surface area contributed by atoms with E-state index in [0.29, 0.717) is 20.3 Å². The molecule has 0 unspecified atom stereocenters. The predicted molar refractivity (Wildman–Crippen MR) is 76.4 cm³/mol. The van der Waals surface area contributed by atoms with E-state index in [2.05, 4.69) is 26.2 Å². The van der Waals surface area contributed by atoms with Crippen molar-refractivity contribution >= 4 is 50.7 Å². The normalized spacial score (nSPS) is 10.2. The first-order valence-corrected chi connectivity index (χ1v) is 6.50. The molecule has 1 aromatic carbocycles. The monoisotopic (exact) mass is 344 g/mol. The van der Waals surface area contributed by atoms with Crippen LogP contribution in [-0.4, -0.2) is 10.9 Å². The molecule has 0 aliphatic rings. The molecule has 0 aliphatic heterocycles. The highest BCUT2D eigenvalue weighted by Crippen LogP contribution is 2.26. The average molecular weight is 346 g/mol. The molecule has 1 N–H and O–H groups in total. The predicted octanol–water partition coefficient (Wildman–Crippen LogP) is 4.40. The summed E-state index contributed by atoms with van der Waals surface area (Å²) in [5.41, 5.74) is 0.801. The van der Waals surface area contributed by atoms with Gasteiger partial charge in [-0.2, -0.15) is 0 Å². The molecular weight excluding hydrogens is 339 g/mol. The Kier molecular flexibility index (Phi) is 4.22. The van der Waals surface area contributed by atoms with Gasteiger partial charge in [0.1, 0.15) is 4.60 Å². The number of carbonyl (C=O) groups excluding carboxylic acids is 1. The molecule has 92 valence electrons. The van der Waals surface area contributed by atoms with Gasteiger partial charge in [0, 0.05) is 6.20 Å². The molecule has 0 saturated carbocycles. The molecule has 2 aromatic rings. The first-order chi connectivity index (χ1) is 8.59. The molecule has 0 bridgehead atoms.